The molecular weight excluding hydrogens is 932 g/mol. The largest absolute Gasteiger partial charge is 0.507 e. The second-order valence-corrected chi connectivity index (χ2v) is 18.9. The molecule has 11 nitrogen and oxygen atoms in total. The Bertz CT molecular complexity index is 2720. The summed E-state index contributed by atoms with van der Waals surface area (Å²) in [6, 6.07) is 26.9. The average Bonchev–Trinajstić information content (AvgIpc) is 3.34. The Hall–Kier alpha value is -6.07. The van der Waals surface area contributed by atoms with Gasteiger partial charge in [0, 0.05) is 49.1 Å². The third-order valence-electron chi connectivity index (χ3n) is 12.4. The summed E-state index contributed by atoms with van der Waals surface area (Å²) in [6.45, 7) is 13.5. The van der Waals surface area contributed by atoms with E-state index in [9.17, 15) is 25.5 Å². The Morgan fingerprint density at radius 3 is 0.958 bits per heavy atom. The molecule has 72 heavy (non-hydrogen) atoms. The summed E-state index contributed by atoms with van der Waals surface area (Å²) in [4.78, 5) is 0. The van der Waals surface area contributed by atoms with Gasteiger partial charge in [0.25, 0.3) is 0 Å². The van der Waals surface area contributed by atoms with E-state index in [-0.39, 0.29) is 60.9 Å². The van der Waals surface area contributed by atoms with Crippen LogP contribution in [0.4, 0.5) is 0 Å². The molecule has 0 saturated carbocycles. The van der Waals surface area contributed by atoms with Gasteiger partial charge in [-0.2, -0.15) is 0 Å². The predicted molar refractivity (Wildman–Crippen MR) is 280 cm³/mol. The molecule has 0 aliphatic heterocycles. The highest BCUT2D eigenvalue weighted by atomic mass is 35.5. The van der Waals surface area contributed by atoms with E-state index < -0.39 is 0 Å². The third-order valence-corrected chi connectivity index (χ3v) is 12.6. The maximum absolute atomic E-state index is 12.1. The minimum Gasteiger partial charge on any atom is -0.507 e. The number of rotatable bonds is 19. The molecule has 7 rings (SSSR count). The van der Waals surface area contributed by atoms with Gasteiger partial charge in [-0.25, -0.2) is 0 Å². The zero-order chi connectivity index (χ0) is 51.0. The van der Waals surface area contributed by atoms with Gasteiger partial charge in [0.1, 0.15) is 28.7 Å². The number of ether oxygens (including phenoxy) is 6. The number of phenols is 5. The zero-order valence-corrected chi connectivity index (χ0v) is 42.6. The van der Waals surface area contributed by atoms with Crippen LogP contribution < -0.4 is 0 Å². The van der Waals surface area contributed by atoms with Gasteiger partial charge in [0.15, 0.2) is 0 Å². The molecule has 0 saturated heterocycles. The van der Waals surface area contributed by atoms with Crippen molar-refractivity contribution in [3.8, 4) is 40.6 Å². The lowest BCUT2D eigenvalue weighted by molar-refractivity contribution is -0.0171. The first-order valence-corrected chi connectivity index (χ1v) is 25.1. The molecule has 5 N–H and O–H groups in total. The van der Waals surface area contributed by atoms with E-state index >= 15 is 0 Å². The number of hydrogen-bond acceptors (Lipinski definition) is 11. The standard InChI is InChI=1S/C60H67ClO11/c1-39-22-46-33-47-23-40(2)25-49(57(47)63)35-51-27-42(4)29-53(59(51)65)37-55-32-44(31-54(60(55)66)36-52-28-41(3)26-50(58(52)64)34-48(24-39)56(46)62)9-8-43-6-5-7-45(30-43)38-72-21-20-71-19-18-70-17-16-69-15-14-68-13-12-67-11-10-61/h5-7,22-32,62-66H,10-21,33-38H2,1-4H3. The Labute approximate surface area is 428 Å². The highest BCUT2D eigenvalue weighted by Crippen LogP contribution is 2.39. The molecule has 0 aromatic heterocycles. The summed E-state index contributed by atoms with van der Waals surface area (Å²) in [7, 11) is 0. The minimum absolute atomic E-state index is 0.0430. The highest BCUT2D eigenvalue weighted by molar-refractivity contribution is 6.17. The van der Waals surface area contributed by atoms with E-state index in [0.717, 1.165) is 33.4 Å². The summed E-state index contributed by atoms with van der Waals surface area (Å²) in [5, 5.41) is 59.4. The topological polar surface area (TPSA) is 157 Å². The molecule has 10 bridgehead atoms. The molecule has 6 aromatic carbocycles. The predicted octanol–water partition coefficient (Wildman–Crippen LogP) is 9.95. The lowest BCUT2D eigenvalue weighted by Crippen LogP contribution is -2.14. The van der Waals surface area contributed by atoms with E-state index in [1.807, 2.05) is 113 Å². The lowest BCUT2D eigenvalue weighted by Gasteiger charge is -2.19. The molecule has 380 valence electrons. The highest BCUT2D eigenvalue weighted by Gasteiger charge is 2.21. The second-order valence-electron chi connectivity index (χ2n) is 18.5. The smallest absolute Gasteiger partial charge is 0.122 e. The maximum Gasteiger partial charge on any atom is 0.122 e. The van der Waals surface area contributed by atoms with Gasteiger partial charge in [-0.05, 0) is 113 Å². The van der Waals surface area contributed by atoms with Crippen LogP contribution in [0.15, 0.2) is 84.9 Å². The first-order chi connectivity index (χ1) is 34.8. The SMILES string of the molecule is Cc1cc2c(O)c(c1)Cc1cc(C)cc(c1O)Cc1cc(C#Cc3cccc(COCCOCCOCCOCCOCCOCCCl)c3)cc(c1O)Cc1cc(C)cc(c1O)Cc1cc(C)cc(c1O)C2. The Morgan fingerprint density at radius 2 is 0.639 bits per heavy atom. The number of aromatic hydroxyl groups is 5. The van der Waals surface area contributed by atoms with Gasteiger partial charge >= 0.3 is 0 Å². The quantitative estimate of drug-likeness (QED) is 0.0299. The molecule has 0 spiro atoms. The Morgan fingerprint density at radius 1 is 0.361 bits per heavy atom. The van der Waals surface area contributed by atoms with Crippen LogP contribution in [0, 0.1) is 39.5 Å². The van der Waals surface area contributed by atoms with Crippen molar-refractivity contribution in [3.05, 3.63) is 180 Å². The fourth-order valence-electron chi connectivity index (χ4n) is 9.17. The van der Waals surface area contributed by atoms with E-state index in [0.29, 0.717) is 146 Å². The number of hydrogen-bond donors (Lipinski definition) is 5. The zero-order valence-electron chi connectivity index (χ0n) is 41.9. The molecule has 0 amide bonds. The van der Waals surface area contributed by atoms with Crippen molar-refractivity contribution >= 4 is 11.6 Å². The van der Waals surface area contributed by atoms with Gasteiger partial charge in [-0.3, -0.25) is 0 Å². The summed E-state index contributed by atoms with van der Waals surface area (Å²) in [5.74, 6) is 7.53. The van der Waals surface area contributed by atoms with Gasteiger partial charge in [-0.1, -0.05) is 94.8 Å². The van der Waals surface area contributed by atoms with Crippen LogP contribution in [0.2, 0.25) is 0 Å². The molecule has 0 radical (unpaired) electrons. The van der Waals surface area contributed by atoms with Crippen molar-refractivity contribution in [2.75, 3.05) is 78.6 Å². The molecule has 1 aliphatic carbocycles. The van der Waals surface area contributed by atoms with Crippen LogP contribution in [-0.2, 0) is 67.1 Å². The Kier molecular flexibility index (Phi) is 19.8. The monoisotopic (exact) mass is 998 g/mol. The third kappa shape index (κ3) is 15.2. The number of alkyl halides is 1. The first kappa shape index (κ1) is 53.7. The number of fused-ring (bicyclic) bond motifs is 10. The number of halogens is 1. The van der Waals surface area contributed by atoms with Crippen LogP contribution >= 0.6 is 11.6 Å². The fraction of sp³-hybridized carbons (Fsp3) is 0.367. The van der Waals surface area contributed by atoms with Crippen molar-refractivity contribution in [3.63, 3.8) is 0 Å². The molecule has 0 heterocycles. The summed E-state index contributed by atoms with van der Waals surface area (Å²) in [6.07, 6.45) is 1.20. The summed E-state index contributed by atoms with van der Waals surface area (Å²) >= 11 is 5.57. The normalized spacial score (nSPS) is 12.3. The molecule has 12 heteroatoms. The molecule has 0 atom stereocenters. The first-order valence-electron chi connectivity index (χ1n) is 24.6. The van der Waals surface area contributed by atoms with Crippen molar-refractivity contribution in [2.45, 2.75) is 66.4 Å². The fourth-order valence-corrected chi connectivity index (χ4v) is 9.28. The summed E-state index contributed by atoms with van der Waals surface area (Å²) in [5.41, 5.74) is 12.3. The van der Waals surface area contributed by atoms with Crippen molar-refractivity contribution in [1.29, 1.82) is 0 Å². The van der Waals surface area contributed by atoms with Gasteiger partial charge in [0.05, 0.1) is 79.3 Å². The van der Waals surface area contributed by atoms with Gasteiger partial charge < -0.3 is 54.0 Å². The van der Waals surface area contributed by atoms with Crippen LogP contribution in [-0.4, -0.2) is 104 Å². The summed E-state index contributed by atoms with van der Waals surface area (Å²) < 4.78 is 33.3. The molecule has 6 aromatic rings. The van der Waals surface area contributed by atoms with Crippen molar-refractivity contribution in [2.24, 2.45) is 0 Å². The molecule has 0 unspecified atom stereocenters. The van der Waals surface area contributed by atoms with Crippen LogP contribution in [0.5, 0.6) is 28.7 Å². The minimum atomic E-state index is 0.0430. The van der Waals surface area contributed by atoms with Gasteiger partial charge in [0.2, 0.25) is 0 Å². The van der Waals surface area contributed by atoms with E-state index in [2.05, 4.69) is 11.8 Å². The number of aryl methyl sites for hydroxylation is 4. The molecule has 0 fully saturated rings. The van der Waals surface area contributed by atoms with Crippen molar-refractivity contribution in [1.82, 2.24) is 0 Å². The molecule has 1 aliphatic rings. The van der Waals surface area contributed by atoms with E-state index in [4.69, 9.17) is 40.0 Å². The number of phenolic OH excluding ortho intramolecular Hbond substituents is 5. The lowest BCUT2D eigenvalue weighted by atomic mass is 9.89. The second kappa shape index (κ2) is 26.6. The average molecular weight is 1000 g/mol. The van der Waals surface area contributed by atoms with Gasteiger partial charge in [-0.15, -0.1) is 11.6 Å². The number of benzene rings is 6. The Balaban J connectivity index is 1.07. The van der Waals surface area contributed by atoms with E-state index in [1.54, 1.807) is 0 Å². The van der Waals surface area contributed by atoms with Crippen molar-refractivity contribution < 1.29 is 54.0 Å². The van der Waals surface area contributed by atoms with Crippen LogP contribution in [0.3, 0.4) is 0 Å². The van der Waals surface area contributed by atoms with Crippen LogP contribution in [0.25, 0.3) is 0 Å². The molecular formula is C60H67ClO11. The van der Waals surface area contributed by atoms with Crippen LogP contribution in [0.1, 0.15) is 94.6 Å². The van der Waals surface area contributed by atoms with E-state index in [1.165, 1.54) is 0 Å². The maximum atomic E-state index is 12.1.